The largest absolute Gasteiger partial charge is 0.371 e. The number of hydrogen-bond donors (Lipinski definition) is 1. The number of ether oxygens (including phenoxy) is 1. The first-order valence-corrected chi connectivity index (χ1v) is 7.75. The third-order valence-corrected chi connectivity index (χ3v) is 4.53. The number of aromatic nitrogens is 1. The molecule has 2 aromatic rings. The van der Waals surface area contributed by atoms with Gasteiger partial charge in [0, 0.05) is 6.20 Å². The monoisotopic (exact) mass is 290 g/mol. The summed E-state index contributed by atoms with van der Waals surface area (Å²) in [6.07, 6.45) is 1.49. The summed E-state index contributed by atoms with van der Waals surface area (Å²) in [5.74, 6) is 0. The summed E-state index contributed by atoms with van der Waals surface area (Å²) in [7, 11) is -3.58. The first kappa shape index (κ1) is 13.2. The highest BCUT2D eigenvalue weighted by molar-refractivity contribution is 7.89. The fraction of sp³-hybridized carbons (Fsp3) is 0.214. The van der Waals surface area contributed by atoms with E-state index in [1.54, 1.807) is 48.7 Å². The smallest absolute Gasteiger partial charge is 0.241 e. The van der Waals surface area contributed by atoms with Crippen LogP contribution in [0, 0.1) is 0 Å². The van der Waals surface area contributed by atoms with Crippen molar-refractivity contribution in [2.45, 2.75) is 17.0 Å². The Bertz CT molecular complexity index is 670. The van der Waals surface area contributed by atoms with Crippen LogP contribution in [0.2, 0.25) is 0 Å². The lowest BCUT2D eigenvalue weighted by atomic mass is 10.1. The highest BCUT2D eigenvalue weighted by atomic mass is 32.2. The summed E-state index contributed by atoms with van der Waals surface area (Å²) in [4.78, 5) is 4.45. The molecule has 0 bridgehead atoms. The van der Waals surface area contributed by atoms with Crippen LogP contribution in [0.25, 0.3) is 0 Å². The van der Waals surface area contributed by atoms with Gasteiger partial charge in [-0.3, -0.25) is 4.98 Å². The van der Waals surface area contributed by atoms with Crippen LogP contribution < -0.4 is 4.72 Å². The van der Waals surface area contributed by atoms with Crippen molar-refractivity contribution >= 4 is 10.0 Å². The Labute approximate surface area is 117 Å². The van der Waals surface area contributed by atoms with Gasteiger partial charge in [0.15, 0.2) is 0 Å². The van der Waals surface area contributed by atoms with Crippen LogP contribution in [-0.4, -0.2) is 26.1 Å². The van der Waals surface area contributed by atoms with Crippen LogP contribution in [-0.2, 0) is 14.8 Å². The van der Waals surface area contributed by atoms with Crippen LogP contribution >= 0.6 is 0 Å². The summed E-state index contributed by atoms with van der Waals surface area (Å²) >= 11 is 0. The molecule has 1 aliphatic heterocycles. The van der Waals surface area contributed by atoms with Crippen LogP contribution in [0.3, 0.4) is 0 Å². The zero-order valence-corrected chi connectivity index (χ0v) is 11.5. The quantitative estimate of drug-likeness (QED) is 0.847. The van der Waals surface area contributed by atoms with E-state index in [1.807, 2.05) is 6.07 Å². The predicted octanol–water partition coefficient (Wildman–Crippen LogP) is 1.50. The average Bonchev–Trinajstić information content (AvgIpc) is 3.31. The molecule has 0 saturated carbocycles. The van der Waals surface area contributed by atoms with E-state index in [0.717, 1.165) is 0 Å². The van der Waals surface area contributed by atoms with E-state index in [9.17, 15) is 8.42 Å². The first-order chi connectivity index (χ1) is 9.67. The molecule has 20 heavy (non-hydrogen) atoms. The number of nitrogens with zero attached hydrogens (tertiary/aromatic N) is 1. The summed E-state index contributed by atoms with van der Waals surface area (Å²) in [5.41, 5.74) is 0.662. The Morgan fingerprint density at radius 2 is 1.85 bits per heavy atom. The number of sulfonamides is 1. The first-order valence-electron chi connectivity index (χ1n) is 6.27. The molecule has 2 heterocycles. The van der Waals surface area contributed by atoms with Gasteiger partial charge in [-0.1, -0.05) is 24.3 Å². The van der Waals surface area contributed by atoms with Crippen molar-refractivity contribution in [2.75, 3.05) is 6.61 Å². The van der Waals surface area contributed by atoms with Crippen LogP contribution in [0.5, 0.6) is 0 Å². The fourth-order valence-electron chi connectivity index (χ4n) is 1.97. The van der Waals surface area contributed by atoms with Crippen molar-refractivity contribution < 1.29 is 13.2 Å². The van der Waals surface area contributed by atoms with Crippen LogP contribution in [0.1, 0.15) is 11.7 Å². The Morgan fingerprint density at radius 1 is 1.15 bits per heavy atom. The van der Waals surface area contributed by atoms with Gasteiger partial charge in [-0.15, -0.1) is 0 Å². The van der Waals surface area contributed by atoms with Crippen molar-refractivity contribution in [3.05, 3.63) is 60.4 Å². The maximum absolute atomic E-state index is 12.4. The van der Waals surface area contributed by atoms with Crippen LogP contribution in [0.4, 0.5) is 0 Å². The molecule has 6 heteroatoms. The van der Waals surface area contributed by atoms with Crippen molar-refractivity contribution in [3.63, 3.8) is 0 Å². The van der Waals surface area contributed by atoms with Gasteiger partial charge in [-0.2, -0.15) is 4.72 Å². The van der Waals surface area contributed by atoms with E-state index in [4.69, 9.17) is 4.74 Å². The average molecular weight is 290 g/mol. The Hall–Kier alpha value is -1.76. The second-order valence-electron chi connectivity index (χ2n) is 4.54. The molecule has 104 valence electrons. The number of epoxide rings is 1. The van der Waals surface area contributed by atoms with Crippen molar-refractivity contribution in [1.29, 1.82) is 0 Å². The van der Waals surface area contributed by atoms with E-state index in [2.05, 4.69) is 9.71 Å². The summed E-state index contributed by atoms with van der Waals surface area (Å²) < 4.78 is 32.6. The van der Waals surface area contributed by atoms with Gasteiger partial charge < -0.3 is 4.74 Å². The molecule has 2 unspecified atom stereocenters. The fourth-order valence-corrected chi connectivity index (χ4v) is 3.23. The highest BCUT2D eigenvalue weighted by Gasteiger charge is 2.37. The lowest BCUT2D eigenvalue weighted by Gasteiger charge is -2.16. The summed E-state index contributed by atoms with van der Waals surface area (Å²) in [6, 6.07) is 13.2. The van der Waals surface area contributed by atoms with Gasteiger partial charge in [-0.25, -0.2) is 8.42 Å². The van der Waals surface area contributed by atoms with Crippen molar-refractivity contribution in [3.8, 4) is 0 Å². The zero-order valence-electron chi connectivity index (χ0n) is 10.6. The SMILES string of the molecule is O=S(=O)(NC(c1ccccn1)C1CO1)c1ccccc1. The molecule has 0 amide bonds. The zero-order chi connectivity index (χ0) is 14.0. The van der Waals surface area contributed by atoms with Gasteiger partial charge in [-0.05, 0) is 24.3 Å². The minimum atomic E-state index is -3.58. The minimum absolute atomic E-state index is 0.150. The summed E-state index contributed by atoms with van der Waals surface area (Å²) in [6.45, 7) is 0.540. The van der Waals surface area contributed by atoms with Crippen molar-refractivity contribution in [1.82, 2.24) is 9.71 Å². The number of pyridine rings is 1. The van der Waals surface area contributed by atoms with Gasteiger partial charge in [0.2, 0.25) is 10.0 Å². The molecule has 1 aromatic carbocycles. The molecule has 2 atom stereocenters. The second-order valence-corrected chi connectivity index (χ2v) is 6.25. The van der Waals surface area contributed by atoms with Gasteiger partial charge in [0.25, 0.3) is 0 Å². The van der Waals surface area contributed by atoms with E-state index in [-0.39, 0.29) is 11.0 Å². The lowest BCUT2D eigenvalue weighted by Crippen LogP contribution is -2.32. The number of benzene rings is 1. The minimum Gasteiger partial charge on any atom is -0.371 e. The molecule has 1 saturated heterocycles. The topological polar surface area (TPSA) is 71.6 Å². The third kappa shape index (κ3) is 2.87. The maximum Gasteiger partial charge on any atom is 0.241 e. The Kier molecular flexibility index (Phi) is 3.52. The van der Waals surface area contributed by atoms with E-state index in [1.165, 1.54) is 0 Å². The molecule has 5 nitrogen and oxygen atoms in total. The lowest BCUT2D eigenvalue weighted by molar-refractivity contribution is 0.361. The third-order valence-electron chi connectivity index (χ3n) is 3.07. The molecule has 3 rings (SSSR count). The van der Waals surface area contributed by atoms with Crippen LogP contribution in [0.15, 0.2) is 59.6 Å². The Morgan fingerprint density at radius 3 is 2.45 bits per heavy atom. The number of rotatable bonds is 5. The van der Waals surface area contributed by atoms with Gasteiger partial charge in [0.1, 0.15) is 6.10 Å². The van der Waals surface area contributed by atoms with E-state index < -0.39 is 16.1 Å². The van der Waals surface area contributed by atoms with E-state index >= 15 is 0 Å². The van der Waals surface area contributed by atoms with E-state index in [0.29, 0.717) is 12.3 Å². The maximum atomic E-state index is 12.4. The Balaban J connectivity index is 1.88. The molecule has 0 spiro atoms. The normalized spacial score (nSPS) is 19.5. The molecular formula is C14H14N2O3S. The van der Waals surface area contributed by atoms with Crippen molar-refractivity contribution in [2.24, 2.45) is 0 Å². The molecular weight excluding hydrogens is 276 g/mol. The molecule has 1 aliphatic rings. The summed E-state index contributed by atoms with van der Waals surface area (Å²) in [5, 5.41) is 0. The second kappa shape index (κ2) is 5.32. The van der Waals surface area contributed by atoms with Gasteiger partial charge in [0.05, 0.1) is 23.2 Å². The molecule has 1 fully saturated rings. The highest BCUT2D eigenvalue weighted by Crippen LogP contribution is 2.28. The molecule has 0 radical (unpaired) electrons. The number of hydrogen-bond acceptors (Lipinski definition) is 4. The number of nitrogens with one attached hydrogen (secondary N) is 1. The predicted molar refractivity (Wildman–Crippen MR) is 73.5 cm³/mol. The molecule has 1 aromatic heterocycles. The molecule has 0 aliphatic carbocycles. The standard InChI is InChI=1S/C14H14N2O3S/c17-20(18,11-6-2-1-3-7-11)16-14(13-10-19-13)12-8-4-5-9-15-12/h1-9,13-14,16H,10H2. The van der Waals surface area contributed by atoms with Gasteiger partial charge >= 0.3 is 0 Å². The molecule has 1 N–H and O–H groups in total.